The average molecular weight is 315 g/mol. The molecule has 1 fully saturated rings. The molecule has 6 heteroatoms. The molecular formula is C14H19ClN2O2S. The highest BCUT2D eigenvalue weighted by molar-refractivity contribution is 7.94. The number of benzene rings is 1. The number of nitrogens with zero attached hydrogens (tertiary/aromatic N) is 1. The van der Waals surface area contributed by atoms with Crippen molar-refractivity contribution in [2.45, 2.75) is 37.5 Å². The van der Waals surface area contributed by atoms with Crippen LogP contribution in [0, 0.1) is 0 Å². The summed E-state index contributed by atoms with van der Waals surface area (Å²) in [5, 5.41) is 0.591. The maximum atomic E-state index is 12.6. The van der Waals surface area contributed by atoms with Crippen LogP contribution in [0.2, 0.25) is 5.02 Å². The molecule has 1 aromatic carbocycles. The van der Waals surface area contributed by atoms with Crippen molar-refractivity contribution in [2.75, 3.05) is 17.8 Å². The van der Waals surface area contributed by atoms with E-state index in [2.05, 4.69) is 23.5 Å². The summed E-state index contributed by atoms with van der Waals surface area (Å²) in [5.74, 6) is 0. The molecule has 0 amide bonds. The van der Waals surface area contributed by atoms with E-state index >= 15 is 0 Å². The van der Waals surface area contributed by atoms with E-state index in [1.165, 1.54) is 0 Å². The molecule has 0 aliphatic carbocycles. The highest BCUT2D eigenvalue weighted by atomic mass is 35.5. The van der Waals surface area contributed by atoms with Crippen LogP contribution < -0.4 is 4.72 Å². The van der Waals surface area contributed by atoms with Gasteiger partial charge in [0.1, 0.15) is 4.75 Å². The van der Waals surface area contributed by atoms with Gasteiger partial charge in [0, 0.05) is 29.7 Å². The number of hydrogen-bond acceptors (Lipinski definition) is 3. The molecule has 2 heterocycles. The smallest absolute Gasteiger partial charge is 0.242 e. The average Bonchev–Trinajstić information content (AvgIpc) is 2.59. The molecule has 0 unspecified atom stereocenters. The van der Waals surface area contributed by atoms with E-state index in [9.17, 15) is 8.42 Å². The lowest BCUT2D eigenvalue weighted by molar-refractivity contribution is 0.159. The second-order valence-electron chi connectivity index (χ2n) is 5.92. The van der Waals surface area contributed by atoms with Crippen LogP contribution in [0.5, 0.6) is 0 Å². The predicted molar refractivity (Wildman–Crippen MR) is 81.6 cm³/mol. The first-order valence-corrected chi connectivity index (χ1v) is 8.78. The Morgan fingerprint density at radius 1 is 1.30 bits per heavy atom. The SMILES string of the molecule is CC(C)N1CCC2(CC1)c1cc(Cl)ccc1NS2(=O)=O. The van der Waals surface area contributed by atoms with Gasteiger partial charge in [-0.15, -0.1) is 0 Å². The Kier molecular flexibility index (Phi) is 3.27. The first-order valence-electron chi connectivity index (χ1n) is 6.92. The fourth-order valence-electron chi connectivity index (χ4n) is 3.31. The number of fused-ring (bicyclic) bond motifs is 2. The lowest BCUT2D eigenvalue weighted by Gasteiger charge is -2.39. The highest BCUT2D eigenvalue weighted by Gasteiger charge is 2.53. The minimum Gasteiger partial charge on any atom is -0.301 e. The van der Waals surface area contributed by atoms with Crippen molar-refractivity contribution < 1.29 is 8.42 Å². The van der Waals surface area contributed by atoms with E-state index in [-0.39, 0.29) is 0 Å². The molecule has 1 aromatic rings. The van der Waals surface area contributed by atoms with Gasteiger partial charge in [-0.1, -0.05) is 11.6 Å². The van der Waals surface area contributed by atoms with Crippen LogP contribution in [0.4, 0.5) is 5.69 Å². The third-order valence-electron chi connectivity index (χ3n) is 4.57. The standard InChI is InChI=1S/C14H19ClN2O2S/c1-10(2)17-7-5-14(6-8-17)12-9-11(15)3-4-13(12)16-20(14,18)19/h3-4,9-10,16H,5-8H2,1-2H3. The molecule has 4 nitrogen and oxygen atoms in total. The molecule has 20 heavy (non-hydrogen) atoms. The summed E-state index contributed by atoms with van der Waals surface area (Å²) in [7, 11) is -3.37. The number of piperidine rings is 1. The summed E-state index contributed by atoms with van der Waals surface area (Å²) in [6, 6.07) is 5.74. The van der Waals surface area contributed by atoms with Gasteiger partial charge in [-0.05, 0) is 44.9 Å². The third kappa shape index (κ3) is 1.95. The van der Waals surface area contributed by atoms with Gasteiger partial charge in [0.05, 0.1) is 5.69 Å². The van der Waals surface area contributed by atoms with Gasteiger partial charge >= 0.3 is 0 Å². The van der Waals surface area contributed by atoms with Crippen molar-refractivity contribution in [1.82, 2.24) is 4.90 Å². The fourth-order valence-corrected chi connectivity index (χ4v) is 5.32. The number of rotatable bonds is 1. The Bertz CT molecular complexity index is 635. The van der Waals surface area contributed by atoms with E-state index in [0.29, 0.717) is 29.6 Å². The van der Waals surface area contributed by atoms with Crippen LogP contribution in [0.25, 0.3) is 0 Å². The summed E-state index contributed by atoms with van der Waals surface area (Å²) in [5.41, 5.74) is 1.53. The zero-order chi connectivity index (χ0) is 14.5. The van der Waals surface area contributed by atoms with Gasteiger partial charge in [-0.25, -0.2) is 8.42 Å². The molecule has 0 atom stereocenters. The number of sulfonamides is 1. The Morgan fingerprint density at radius 3 is 2.55 bits per heavy atom. The normalized spacial score (nSPS) is 23.8. The Morgan fingerprint density at radius 2 is 1.95 bits per heavy atom. The van der Waals surface area contributed by atoms with E-state index < -0.39 is 14.8 Å². The van der Waals surface area contributed by atoms with Crippen molar-refractivity contribution in [3.63, 3.8) is 0 Å². The lowest BCUT2D eigenvalue weighted by Crippen LogP contribution is -2.48. The van der Waals surface area contributed by atoms with Crippen LogP contribution in [-0.2, 0) is 14.8 Å². The molecule has 3 rings (SSSR count). The predicted octanol–water partition coefficient (Wildman–Crippen LogP) is 2.79. The topological polar surface area (TPSA) is 49.4 Å². The molecule has 1 saturated heterocycles. The third-order valence-corrected chi connectivity index (χ3v) is 6.95. The number of halogens is 1. The van der Waals surface area contributed by atoms with Crippen molar-refractivity contribution in [3.05, 3.63) is 28.8 Å². The minimum absolute atomic E-state index is 0.447. The number of anilines is 1. The zero-order valence-corrected chi connectivity index (χ0v) is 13.3. The molecule has 2 aliphatic heterocycles. The molecule has 0 radical (unpaired) electrons. The van der Waals surface area contributed by atoms with Gasteiger partial charge in [-0.2, -0.15) is 0 Å². The van der Waals surface area contributed by atoms with E-state index in [4.69, 9.17) is 11.6 Å². The number of hydrogen-bond donors (Lipinski definition) is 1. The molecule has 0 bridgehead atoms. The Labute approximate surface area is 125 Å². The van der Waals surface area contributed by atoms with Crippen LogP contribution >= 0.6 is 11.6 Å². The number of likely N-dealkylation sites (tertiary alicyclic amines) is 1. The van der Waals surface area contributed by atoms with E-state index in [1.807, 2.05) is 0 Å². The molecule has 2 aliphatic rings. The van der Waals surface area contributed by atoms with Gasteiger partial charge < -0.3 is 4.90 Å². The first kappa shape index (κ1) is 14.2. The van der Waals surface area contributed by atoms with Gasteiger partial charge in [0.2, 0.25) is 10.0 Å². The van der Waals surface area contributed by atoms with E-state index in [1.54, 1.807) is 18.2 Å². The summed E-state index contributed by atoms with van der Waals surface area (Å²) in [6.45, 7) is 5.88. The molecule has 1 N–H and O–H groups in total. The van der Waals surface area contributed by atoms with Crippen molar-refractivity contribution in [2.24, 2.45) is 0 Å². The Balaban J connectivity index is 2.03. The largest absolute Gasteiger partial charge is 0.301 e. The van der Waals surface area contributed by atoms with E-state index in [0.717, 1.165) is 18.7 Å². The maximum Gasteiger partial charge on any atom is 0.242 e. The number of nitrogens with one attached hydrogen (secondary N) is 1. The van der Waals surface area contributed by atoms with Crippen LogP contribution in [0.1, 0.15) is 32.3 Å². The summed E-state index contributed by atoms with van der Waals surface area (Å²) >= 11 is 6.07. The van der Waals surface area contributed by atoms with Crippen molar-refractivity contribution in [3.8, 4) is 0 Å². The molecular weight excluding hydrogens is 296 g/mol. The summed E-state index contributed by atoms with van der Waals surface area (Å²) < 4.78 is 27.1. The molecule has 0 saturated carbocycles. The first-order chi connectivity index (χ1) is 9.36. The molecule has 110 valence electrons. The van der Waals surface area contributed by atoms with Crippen molar-refractivity contribution >= 4 is 27.3 Å². The van der Waals surface area contributed by atoms with Crippen LogP contribution in [0.3, 0.4) is 0 Å². The monoisotopic (exact) mass is 314 g/mol. The van der Waals surface area contributed by atoms with Gasteiger partial charge in [-0.3, -0.25) is 4.72 Å². The van der Waals surface area contributed by atoms with Gasteiger partial charge in [0.25, 0.3) is 0 Å². The van der Waals surface area contributed by atoms with Crippen molar-refractivity contribution in [1.29, 1.82) is 0 Å². The molecule has 1 spiro atoms. The Hall–Kier alpha value is -0.780. The minimum atomic E-state index is -3.37. The van der Waals surface area contributed by atoms with Gasteiger partial charge in [0.15, 0.2) is 0 Å². The quantitative estimate of drug-likeness (QED) is 0.867. The maximum absolute atomic E-state index is 12.6. The lowest BCUT2D eigenvalue weighted by atomic mass is 9.87. The zero-order valence-electron chi connectivity index (χ0n) is 11.7. The summed E-state index contributed by atoms with van der Waals surface area (Å²) in [6.07, 6.45) is 1.24. The van der Waals surface area contributed by atoms with Crippen LogP contribution in [0.15, 0.2) is 18.2 Å². The fraction of sp³-hybridized carbons (Fsp3) is 0.571. The highest BCUT2D eigenvalue weighted by Crippen LogP contribution is 2.50. The van der Waals surface area contributed by atoms with Crippen LogP contribution in [-0.4, -0.2) is 32.4 Å². The summed E-state index contributed by atoms with van der Waals surface area (Å²) in [4.78, 5) is 2.32. The molecule has 0 aromatic heterocycles. The second kappa shape index (κ2) is 4.61. The second-order valence-corrected chi connectivity index (χ2v) is 8.35.